The van der Waals surface area contributed by atoms with E-state index in [0.717, 1.165) is 10.0 Å². The van der Waals surface area contributed by atoms with Gasteiger partial charge in [-0.2, -0.15) is 5.10 Å². The van der Waals surface area contributed by atoms with Crippen LogP contribution in [0.4, 0.5) is 0 Å². The van der Waals surface area contributed by atoms with Gasteiger partial charge in [-0.3, -0.25) is 4.79 Å². The molecule has 0 aliphatic carbocycles. The van der Waals surface area contributed by atoms with E-state index in [1.165, 1.54) is 6.20 Å². The fraction of sp³-hybridized carbons (Fsp3) is 0.0909. The standard InChI is InChI=1S/C11H8BrN3O2/c12-8-4-2-1-3-7(8)9-6-13-15-10(14-9)5-11(16)17/h1-4,6H,5H2,(H,16,17). The lowest BCUT2D eigenvalue weighted by Crippen LogP contribution is -2.06. The molecule has 0 radical (unpaired) electrons. The number of carboxylic acid groups (broad SMARTS) is 1. The van der Waals surface area contributed by atoms with Crippen molar-refractivity contribution in [1.82, 2.24) is 15.2 Å². The molecule has 0 amide bonds. The summed E-state index contributed by atoms with van der Waals surface area (Å²) in [6.45, 7) is 0. The van der Waals surface area contributed by atoms with Gasteiger partial charge in [0.05, 0.1) is 11.9 Å². The number of aromatic nitrogens is 3. The Labute approximate surface area is 106 Å². The first kappa shape index (κ1) is 11.7. The van der Waals surface area contributed by atoms with Crippen LogP contribution in [0.25, 0.3) is 11.3 Å². The predicted octanol–water partition coefficient (Wildman–Crippen LogP) is 1.93. The summed E-state index contributed by atoms with van der Waals surface area (Å²) in [5.74, 6) is -0.776. The highest BCUT2D eigenvalue weighted by Gasteiger charge is 2.08. The van der Waals surface area contributed by atoms with E-state index in [2.05, 4.69) is 31.1 Å². The topological polar surface area (TPSA) is 76.0 Å². The molecule has 1 aromatic carbocycles. The molecule has 0 fully saturated rings. The van der Waals surface area contributed by atoms with Gasteiger partial charge >= 0.3 is 5.97 Å². The first-order valence-electron chi connectivity index (χ1n) is 4.82. The first-order valence-corrected chi connectivity index (χ1v) is 5.61. The van der Waals surface area contributed by atoms with E-state index in [4.69, 9.17) is 5.11 Å². The van der Waals surface area contributed by atoms with Crippen molar-refractivity contribution in [1.29, 1.82) is 0 Å². The van der Waals surface area contributed by atoms with E-state index in [-0.39, 0.29) is 12.2 Å². The minimum absolute atomic E-state index is 0.200. The molecular weight excluding hydrogens is 286 g/mol. The van der Waals surface area contributed by atoms with E-state index in [0.29, 0.717) is 5.69 Å². The van der Waals surface area contributed by atoms with Crippen molar-refractivity contribution in [2.45, 2.75) is 6.42 Å². The summed E-state index contributed by atoms with van der Waals surface area (Å²) in [7, 11) is 0. The van der Waals surface area contributed by atoms with Gasteiger partial charge in [-0.15, -0.1) is 5.10 Å². The molecule has 0 unspecified atom stereocenters. The van der Waals surface area contributed by atoms with Gasteiger partial charge in [-0.05, 0) is 6.07 Å². The lowest BCUT2D eigenvalue weighted by atomic mass is 10.2. The first-order chi connectivity index (χ1) is 8.16. The Bertz CT molecular complexity index is 560. The third-order valence-electron chi connectivity index (χ3n) is 2.06. The molecule has 0 aliphatic rings. The number of nitrogens with zero attached hydrogens (tertiary/aromatic N) is 3. The zero-order valence-corrected chi connectivity index (χ0v) is 10.3. The normalized spacial score (nSPS) is 10.2. The molecule has 1 aromatic heterocycles. The van der Waals surface area contributed by atoms with E-state index in [9.17, 15) is 4.79 Å². The highest BCUT2D eigenvalue weighted by molar-refractivity contribution is 9.10. The average molecular weight is 294 g/mol. The second-order valence-electron chi connectivity index (χ2n) is 3.31. The summed E-state index contributed by atoms with van der Waals surface area (Å²) < 4.78 is 0.877. The summed E-state index contributed by atoms with van der Waals surface area (Å²) in [5, 5.41) is 16.1. The number of benzene rings is 1. The molecule has 17 heavy (non-hydrogen) atoms. The van der Waals surface area contributed by atoms with Gasteiger partial charge in [0.15, 0.2) is 5.82 Å². The molecule has 2 aromatic rings. The van der Waals surface area contributed by atoms with Crippen molar-refractivity contribution < 1.29 is 9.90 Å². The van der Waals surface area contributed by atoms with Crippen LogP contribution in [0.2, 0.25) is 0 Å². The largest absolute Gasteiger partial charge is 0.481 e. The maximum absolute atomic E-state index is 10.6. The molecule has 6 heteroatoms. The third-order valence-corrected chi connectivity index (χ3v) is 2.75. The molecular formula is C11H8BrN3O2. The van der Waals surface area contributed by atoms with Gasteiger partial charge in [0, 0.05) is 10.0 Å². The molecule has 5 nitrogen and oxygen atoms in total. The predicted molar refractivity (Wildman–Crippen MR) is 64.3 cm³/mol. The lowest BCUT2D eigenvalue weighted by Gasteiger charge is -2.03. The number of carbonyl (C=O) groups is 1. The van der Waals surface area contributed by atoms with E-state index in [1.54, 1.807) is 0 Å². The van der Waals surface area contributed by atoms with Crippen molar-refractivity contribution >= 4 is 21.9 Å². The Balaban J connectivity index is 2.40. The number of halogens is 1. The fourth-order valence-electron chi connectivity index (χ4n) is 1.35. The smallest absolute Gasteiger partial charge is 0.311 e. The van der Waals surface area contributed by atoms with Crippen LogP contribution in [0.1, 0.15) is 5.82 Å². The van der Waals surface area contributed by atoms with Gasteiger partial charge in [0.25, 0.3) is 0 Å². The second kappa shape index (κ2) is 5.01. The molecule has 0 spiro atoms. The number of carboxylic acids is 1. The van der Waals surface area contributed by atoms with Crippen molar-refractivity contribution in [3.8, 4) is 11.3 Å². The van der Waals surface area contributed by atoms with Gasteiger partial charge in [0.2, 0.25) is 0 Å². The van der Waals surface area contributed by atoms with E-state index in [1.807, 2.05) is 24.3 Å². The van der Waals surface area contributed by atoms with E-state index >= 15 is 0 Å². The Morgan fingerprint density at radius 1 is 1.35 bits per heavy atom. The van der Waals surface area contributed by atoms with Crippen LogP contribution in [0.15, 0.2) is 34.9 Å². The molecule has 0 atom stereocenters. The molecule has 1 N–H and O–H groups in total. The maximum Gasteiger partial charge on any atom is 0.311 e. The van der Waals surface area contributed by atoms with Crippen LogP contribution in [0, 0.1) is 0 Å². The van der Waals surface area contributed by atoms with Crippen LogP contribution in [0.5, 0.6) is 0 Å². The molecule has 0 saturated heterocycles. The SMILES string of the molecule is O=C(O)Cc1nncc(-c2ccccc2Br)n1. The third kappa shape index (κ3) is 2.85. The van der Waals surface area contributed by atoms with Gasteiger partial charge in [0.1, 0.15) is 6.42 Å². The summed E-state index contributed by atoms with van der Waals surface area (Å²) >= 11 is 3.40. The maximum atomic E-state index is 10.6. The molecule has 0 aliphatic heterocycles. The minimum Gasteiger partial charge on any atom is -0.481 e. The quantitative estimate of drug-likeness (QED) is 0.936. The highest BCUT2D eigenvalue weighted by atomic mass is 79.9. The van der Waals surface area contributed by atoms with E-state index < -0.39 is 5.97 Å². The van der Waals surface area contributed by atoms with Crippen LogP contribution in [-0.4, -0.2) is 26.3 Å². The Kier molecular flexibility index (Phi) is 3.43. The Morgan fingerprint density at radius 3 is 2.82 bits per heavy atom. The Morgan fingerprint density at radius 2 is 2.12 bits per heavy atom. The molecule has 0 saturated carbocycles. The minimum atomic E-state index is -0.976. The van der Waals surface area contributed by atoms with Crippen molar-refractivity contribution in [2.24, 2.45) is 0 Å². The van der Waals surface area contributed by atoms with Crippen molar-refractivity contribution in [3.63, 3.8) is 0 Å². The summed E-state index contributed by atoms with van der Waals surface area (Å²) in [6.07, 6.45) is 1.27. The molecule has 0 bridgehead atoms. The van der Waals surface area contributed by atoms with Crippen molar-refractivity contribution in [2.75, 3.05) is 0 Å². The fourth-order valence-corrected chi connectivity index (χ4v) is 1.84. The summed E-state index contributed by atoms with van der Waals surface area (Å²) in [4.78, 5) is 14.7. The van der Waals surface area contributed by atoms with Crippen LogP contribution < -0.4 is 0 Å². The van der Waals surface area contributed by atoms with Crippen LogP contribution >= 0.6 is 15.9 Å². The summed E-state index contributed by atoms with van der Waals surface area (Å²) in [5.41, 5.74) is 1.46. The summed E-state index contributed by atoms with van der Waals surface area (Å²) in [6, 6.07) is 7.52. The highest BCUT2D eigenvalue weighted by Crippen LogP contribution is 2.25. The number of hydrogen-bond acceptors (Lipinski definition) is 4. The van der Waals surface area contributed by atoms with Gasteiger partial charge in [-0.25, -0.2) is 4.98 Å². The lowest BCUT2D eigenvalue weighted by molar-refractivity contribution is -0.136. The monoisotopic (exact) mass is 293 g/mol. The average Bonchev–Trinajstić information content (AvgIpc) is 2.29. The number of hydrogen-bond donors (Lipinski definition) is 1. The molecule has 2 rings (SSSR count). The van der Waals surface area contributed by atoms with Gasteiger partial charge in [-0.1, -0.05) is 34.1 Å². The zero-order valence-electron chi connectivity index (χ0n) is 8.67. The van der Waals surface area contributed by atoms with Crippen molar-refractivity contribution in [3.05, 3.63) is 40.8 Å². The molecule has 1 heterocycles. The van der Waals surface area contributed by atoms with Gasteiger partial charge < -0.3 is 5.11 Å². The zero-order chi connectivity index (χ0) is 12.3. The number of rotatable bonds is 3. The molecule has 86 valence electrons. The second-order valence-corrected chi connectivity index (χ2v) is 4.16. The Hall–Kier alpha value is -1.82. The number of aliphatic carboxylic acids is 1. The van der Waals surface area contributed by atoms with Crippen LogP contribution in [0.3, 0.4) is 0 Å². The van der Waals surface area contributed by atoms with Crippen LogP contribution in [-0.2, 0) is 11.2 Å².